The van der Waals surface area contributed by atoms with Crippen LogP contribution in [0.2, 0.25) is 0 Å². The Labute approximate surface area is 109 Å². The minimum Gasteiger partial charge on any atom is -0.478 e. The van der Waals surface area contributed by atoms with Gasteiger partial charge in [0.25, 0.3) is 0 Å². The first-order valence-corrected chi connectivity index (χ1v) is 5.61. The molecule has 6 nitrogen and oxygen atoms in total. The van der Waals surface area contributed by atoms with Crippen LogP contribution in [0.25, 0.3) is 0 Å². The van der Waals surface area contributed by atoms with E-state index in [1.807, 2.05) is 0 Å². The number of nitrogens with one attached hydrogen (secondary N) is 2. The van der Waals surface area contributed by atoms with Crippen molar-refractivity contribution < 1.29 is 23.8 Å². The largest absolute Gasteiger partial charge is 0.478 e. The second-order valence-corrected chi connectivity index (χ2v) is 3.73. The van der Waals surface area contributed by atoms with Crippen molar-refractivity contribution in [3.63, 3.8) is 0 Å². The molecular formula is C12H15FN2O4. The van der Waals surface area contributed by atoms with Gasteiger partial charge in [-0.1, -0.05) is 0 Å². The average molecular weight is 270 g/mol. The molecule has 0 radical (unpaired) electrons. The maximum absolute atomic E-state index is 13.3. The maximum Gasteiger partial charge on any atom is 0.338 e. The van der Waals surface area contributed by atoms with Crippen molar-refractivity contribution in [1.82, 2.24) is 5.32 Å². The van der Waals surface area contributed by atoms with Crippen molar-refractivity contribution in [2.45, 2.75) is 6.42 Å². The fraction of sp³-hybridized carbons (Fsp3) is 0.333. The van der Waals surface area contributed by atoms with Gasteiger partial charge in [0, 0.05) is 25.9 Å². The van der Waals surface area contributed by atoms with Gasteiger partial charge in [-0.3, -0.25) is 0 Å². The van der Waals surface area contributed by atoms with Crippen molar-refractivity contribution in [2.24, 2.45) is 0 Å². The number of halogens is 1. The standard InChI is InChI=1S/C12H15FN2O4/c1-19-6-2-5-14-12(18)15-8-3-4-9(11(16)17)10(13)7-8/h3-4,7H,2,5-6H2,1H3,(H,16,17)(H2,14,15,18). The van der Waals surface area contributed by atoms with Gasteiger partial charge in [-0.25, -0.2) is 14.0 Å². The molecule has 3 N–H and O–H groups in total. The van der Waals surface area contributed by atoms with Crippen molar-refractivity contribution >= 4 is 17.7 Å². The number of anilines is 1. The molecule has 0 aliphatic carbocycles. The van der Waals surface area contributed by atoms with E-state index in [1.165, 1.54) is 6.07 Å². The molecule has 0 aliphatic rings. The molecule has 1 rings (SSSR count). The minimum atomic E-state index is -1.35. The summed E-state index contributed by atoms with van der Waals surface area (Å²) >= 11 is 0. The Morgan fingerprint density at radius 2 is 2.16 bits per heavy atom. The molecule has 0 saturated heterocycles. The predicted molar refractivity (Wildman–Crippen MR) is 66.9 cm³/mol. The highest BCUT2D eigenvalue weighted by atomic mass is 19.1. The molecule has 1 aromatic carbocycles. The van der Waals surface area contributed by atoms with Crippen LogP contribution in [0.5, 0.6) is 0 Å². The van der Waals surface area contributed by atoms with E-state index >= 15 is 0 Å². The summed E-state index contributed by atoms with van der Waals surface area (Å²) in [6, 6.07) is 2.89. The molecule has 0 aromatic heterocycles. The zero-order valence-electron chi connectivity index (χ0n) is 10.4. The van der Waals surface area contributed by atoms with Gasteiger partial charge >= 0.3 is 12.0 Å². The number of carboxylic acid groups (broad SMARTS) is 1. The third kappa shape index (κ3) is 4.92. The molecule has 0 spiro atoms. The first-order valence-electron chi connectivity index (χ1n) is 5.61. The molecule has 104 valence electrons. The lowest BCUT2D eigenvalue weighted by atomic mass is 10.2. The predicted octanol–water partition coefficient (Wildman–Crippen LogP) is 1.68. The van der Waals surface area contributed by atoms with Gasteiger partial charge in [0.05, 0.1) is 5.56 Å². The van der Waals surface area contributed by atoms with Gasteiger partial charge < -0.3 is 20.5 Å². The van der Waals surface area contributed by atoms with Crippen LogP contribution in [0, 0.1) is 5.82 Å². The SMILES string of the molecule is COCCCNC(=O)Nc1ccc(C(=O)O)c(F)c1. The Morgan fingerprint density at radius 3 is 2.74 bits per heavy atom. The second-order valence-electron chi connectivity index (χ2n) is 3.73. The van der Waals surface area contributed by atoms with Crippen LogP contribution >= 0.6 is 0 Å². The Bertz CT molecular complexity index is 465. The molecule has 0 bridgehead atoms. The molecule has 0 atom stereocenters. The summed E-state index contributed by atoms with van der Waals surface area (Å²) in [5, 5.41) is 13.6. The first-order chi connectivity index (χ1) is 9.04. The number of rotatable bonds is 6. The van der Waals surface area contributed by atoms with Crippen LogP contribution < -0.4 is 10.6 Å². The van der Waals surface area contributed by atoms with Crippen molar-refractivity contribution in [3.8, 4) is 0 Å². The molecule has 0 fully saturated rings. The second kappa shape index (κ2) is 7.32. The summed E-state index contributed by atoms with van der Waals surface area (Å²) in [5.41, 5.74) is -0.252. The molecule has 0 aliphatic heterocycles. The van der Waals surface area contributed by atoms with Crippen molar-refractivity contribution in [3.05, 3.63) is 29.6 Å². The van der Waals surface area contributed by atoms with E-state index in [0.717, 1.165) is 12.1 Å². The van der Waals surface area contributed by atoms with Gasteiger partial charge in [0.2, 0.25) is 0 Å². The minimum absolute atomic E-state index is 0.187. The van der Waals surface area contributed by atoms with E-state index < -0.39 is 23.4 Å². The van der Waals surface area contributed by atoms with E-state index in [-0.39, 0.29) is 5.69 Å². The highest BCUT2D eigenvalue weighted by Gasteiger charge is 2.11. The molecule has 1 aromatic rings. The summed E-state index contributed by atoms with van der Waals surface area (Å²) in [5.74, 6) is -2.25. The Kier molecular flexibility index (Phi) is 5.74. The summed E-state index contributed by atoms with van der Waals surface area (Å²) in [7, 11) is 1.56. The Hall–Kier alpha value is -2.15. The van der Waals surface area contributed by atoms with Crippen molar-refractivity contribution in [2.75, 3.05) is 25.6 Å². The maximum atomic E-state index is 13.3. The molecule has 7 heteroatoms. The number of hydrogen-bond donors (Lipinski definition) is 3. The lowest BCUT2D eigenvalue weighted by molar-refractivity contribution is 0.0692. The molecule has 0 heterocycles. The number of amides is 2. The monoisotopic (exact) mass is 270 g/mol. The van der Waals surface area contributed by atoms with Crippen LogP contribution in [0.3, 0.4) is 0 Å². The molecule has 19 heavy (non-hydrogen) atoms. The van der Waals surface area contributed by atoms with Crippen LogP contribution in [0.15, 0.2) is 18.2 Å². The van der Waals surface area contributed by atoms with Crippen LogP contribution in [0.4, 0.5) is 14.9 Å². The third-order valence-corrected chi connectivity index (χ3v) is 2.27. The Morgan fingerprint density at radius 1 is 1.42 bits per heavy atom. The number of hydrogen-bond acceptors (Lipinski definition) is 3. The number of benzene rings is 1. The Balaban J connectivity index is 2.51. The number of carbonyl (C=O) groups is 2. The third-order valence-electron chi connectivity index (χ3n) is 2.27. The number of carbonyl (C=O) groups excluding carboxylic acids is 1. The summed E-state index contributed by atoms with van der Waals surface area (Å²) in [6.07, 6.45) is 0.663. The highest BCUT2D eigenvalue weighted by molar-refractivity contribution is 5.91. The number of ether oxygens (including phenoxy) is 1. The summed E-state index contributed by atoms with van der Waals surface area (Å²) < 4.78 is 18.2. The number of aromatic carboxylic acids is 1. The topological polar surface area (TPSA) is 87.7 Å². The van der Waals surface area contributed by atoms with Gasteiger partial charge in [-0.15, -0.1) is 0 Å². The van der Waals surface area contributed by atoms with E-state index in [9.17, 15) is 14.0 Å². The van der Waals surface area contributed by atoms with Gasteiger partial charge in [-0.05, 0) is 24.6 Å². The number of methoxy groups -OCH3 is 1. The van der Waals surface area contributed by atoms with Gasteiger partial charge in [0.1, 0.15) is 5.82 Å². The zero-order valence-corrected chi connectivity index (χ0v) is 10.4. The fourth-order valence-corrected chi connectivity index (χ4v) is 1.36. The normalized spacial score (nSPS) is 10.0. The van der Waals surface area contributed by atoms with Gasteiger partial charge in [0.15, 0.2) is 0 Å². The average Bonchev–Trinajstić information content (AvgIpc) is 2.34. The van der Waals surface area contributed by atoms with Crippen LogP contribution in [-0.2, 0) is 4.74 Å². The van der Waals surface area contributed by atoms with E-state index in [0.29, 0.717) is 19.6 Å². The first kappa shape index (κ1) is 14.9. The van der Waals surface area contributed by atoms with Crippen molar-refractivity contribution in [1.29, 1.82) is 0 Å². The quantitative estimate of drug-likeness (QED) is 0.686. The summed E-state index contributed by atoms with van der Waals surface area (Å²) in [4.78, 5) is 22.0. The molecule has 0 unspecified atom stereocenters. The van der Waals surface area contributed by atoms with E-state index in [4.69, 9.17) is 9.84 Å². The van der Waals surface area contributed by atoms with Crippen LogP contribution in [0.1, 0.15) is 16.8 Å². The molecule has 2 amide bonds. The lowest BCUT2D eigenvalue weighted by Crippen LogP contribution is -2.30. The number of carboxylic acids is 1. The lowest BCUT2D eigenvalue weighted by Gasteiger charge is -2.08. The number of urea groups is 1. The zero-order chi connectivity index (χ0) is 14.3. The molecular weight excluding hydrogens is 255 g/mol. The molecule has 0 saturated carbocycles. The van der Waals surface area contributed by atoms with Crippen LogP contribution in [-0.4, -0.2) is 37.4 Å². The summed E-state index contributed by atoms with van der Waals surface area (Å²) in [6.45, 7) is 0.956. The van der Waals surface area contributed by atoms with E-state index in [1.54, 1.807) is 7.11 Å². The van der Waals surface area contributed by atoms with Gasteiger partial charge in [-0.2, -0.15) is 0 Å². The smallest absolute Gasteiger partial charge is 0.338 e. The van der Waals surface area contributed by atoms with E-state index in [2.05, 4.69) is 10.6 Å². The fourth-order valence-electron chi connectivity index (χ4n) is 1.36. The highest BCUT2D eigenvalue weighted by Crippen LogP contribution is 2.14.